The Balaban J connectivity index is 2.59. The van der Waals surface area contributed by atoms with Crippen LogP contribution in [0.5, 0.6) is 5.75 Å². The smallest absolute Gasteiger partial charge is 0.127 e. The van der Waals surface area contributed by atoms with Crippen LogP contribution in [0.25, 0.3) is 11.1 Å². The van der Waals surface area contributed by atoms with Crippen LogP contribution in [-0.4, -0.2) is 13.4 Å². The summed E-state index contributed by atoms with van der Waals surface area (Å²) in [6.07, 6.45) is 2.12. The minimum absolute atomic E-state index is 0.121. The second-order valence-electron chi connectivity index (χ2n) is 5.78. The normalized spacial score (nSPS) is 11.4. The van der Waals surface area contributed by atoms with Crippen molar-refractivity contribution in [3.63, 3.8) is 0 Å². The highest BCUT2D eigenvalue weighted by Crippen LogP contribution is 2.37. The lowest BCUT2D eigenvalue weighted by atomic mass is 9.85. The predicted octanol–water partition coefficient (Wildman–Crippen LogP) is 5.18. The molecule has 2 heteroatoms. The highest BCUT2D eigenvalue weighted by atomic mass is 32.2. The van der Waals surface area contributed by atoms with Gasteiger partial charge in [-0.15, -0.1) is 11.8 Å². The van der Waals surface area contributed by atoms with Crippen molar-refractivity contribution in [1.29, 1.82) is 0 Å². The van der Waals surface area contributed by atoms with E-state index in [1.807, 2.05) is 18.2 Å². The molecule has 0 bridgehead atoms. The van der Waals surface area contributed by atoms with Crippen LogP contribution in [0.4, 0.5) is 0 Å². The van der Waals surface area contributed by atoms with Gasteiger partial charge in [0.2, 0.25) is 0 Å². The summed E-state index contributed by atoms with van der Waals surface area (Å²) in [6, 6.07) is 15.7. The third-order valence-corrected chi connectivity index (χ3v) is 4.13. The summed E-state index contributed by atoms with van der Waals surface area (Å²) in [4.78, 5) is 1.33. The van der Waals surface area contributed by atoms with Crippen LogP contribution in [-0.2, 0) is 5.41 Å². The molecule has 105 valence electrons. The van der Waals surface area contributed by atoms with E-state index < -0.39 is 0 Å². The molecule has 0 aliphatic heterocycles. The Morgan fingerprint density at radius 1 is 1.15 bits per heavy atom. The predicted molar refractivity (Wildman–Crippen MR) is 87.7 cm³/mol. The number of rotatable bonds is 3. The summed E-state index contributed by atoms with van der Waals surface area (Å²) < 4.78 is 5.45. The van der Waals surface area contributed by atoms with Crippen molar-refractivity contribution in [3.8, 4) is 16.9 Å². The minimum Gasteiger partial charge on any atom is -0.496 e. The topological polar surface area (TPSA) is 9.23 Å². The van der Waals surface area contributed by atoms with Crippen LogP contribution in [0.1, 0.15) is 26.3 Å². The molecule has 0 unspecified atom stereocenters. The van der Waals surface area contributed by atoms with Crippen LogP contribution < -0.4 is 4.74 Å². The molecule has 0 saturated carbocycles. The standard InChI is InChI=1S/C18H21OS/c1-18(2,3)15-12-13(10-11-17(15)20-5)14-8-6-7-9-16(14)19-4/h6-7,9-12H,1-5H3. The van der Waals surface area contributed by atoms with Gasteiger partial charge in [-0.05, 0) is 47.1 Å². The summed E-state index contributed by atoms with van der Waals surface area (Å²) in [6.45, 7) is 6.74. The first-order valence-electron chi connectivity index (χ1n) is 6.71. The molecule has 0 atom stereocenters. The van der Waals surface area contributed by atoms with Crippen molar-refractivity contribution in [2.24, 2.45) is 0 Å². The van der Waals surface area contributed by atoms with Gasteiger partial charge in [-0.25, -0.2) is 0 Å². The van der Waals surface area contributed by atoms with Crippen LogP contribution in [0.2, 0.25) is 0 Å². The van der Waals surface area contributed by atoms with Crippen molar-refractivity contribution < 1.29 is 4.74 Å². The fourth-order valence-electron chi connectivity index (χ4n) is 2.27. The van der Waals surface area contributed by atoms with E-state index in [4.69, 9.17) is 4.74 Å². The van der Waals surface area contributed by atoms with E-state index in [1.165, 1.54) is 10.5 Å². The van der Waals surface area contributed by atoms with Gasteiger partial charge in [-0.1, -0.05) is 39.0 Å². The molecule has 1 nitrogen and oxygen atoms in total. The monoisotopic (exact) mass is 285 g/mol. The largest absolute Gasteiger partial charge is 0.496 e. The molecular weight excluding hydrogens is 264 g/mol. The van der Waals surface area contributed by atoms with Gasteiger partial charge < -0.3 is 4.74 Å². The van der Waals surface area contributed by atoms with E-state index in [2.05, 4.69) is 51.3 Å². The average molecular weight is 285 g/mol. The van der Waals surface area contributed by atoms with Crippen LogP contribution >= 0.6 is 11.8 Å². The first kappa shape index (κ1) is 15.0. The van der Waals surface area contributed by atoms with E-state index in [1.54, 1.807) is 18.9 Å². The quantitative estimate of drug-likeness (QED) is 0.718. The second-order valence-corrected chi connectivity index (χ2v) is 6.63. The molecule has 0 fully saturated rings. The van der Waals surface area contributed by atoms with Crippen molar-refractivity contribution in [3.05, 3.63) is 48.0 Å². The maximum Gasteiger partial charge on any atom is 0.127 e. The lowest BCUT2D eigenvalue weighted by molar-refractivity contribution is 0.416. The van der Waals surface area contributed by atoms with Gasteiger partial charge in [0.15, 0.2) is 0 Å². The molecule has 0 saturated heterocycles. The number of hydrogen-bond donors (Lipinski definition) is 0. The Bertz CT molecular complexity index is 597. The van der Waals surface area contributed by atoms with Crippen LogP contribution in [0, 0.1) is 6.07 Å². The molecular formula is C18H21OS. The van der Waals surface area contributed by atoms with Crippen LogP contribution in [0.15, 0.2) is 41.3 Å². The molecule has 0 N–H and O–H groups in total. The molecule has 2 aromatic carbocycles. The van der Waals surface area contributed by atoms with Gasteiger partial charge in [0.25, 0.3) is 0 Å². The first-order valence-corrected chi connectivity index (χ1v) is 7.93. The third kappa shape index (κ3) is 3.01. The fraction of sp³-hybridized carbons (Fsp3) is 0.333. The Hall–Kier alpha value is -1.41. The van der Waals surface area contributed by atoms with Gasteiger partial charge in [0.1, 0.15) is 5.75 Å². The molecule has 2 rings (SSSR count). The lowest BCUT2D eigenvalue weighted by Gasteiger charge is -2.23. The number of methoxy groups -OCH3 is 1. The maximum atomic E-state index is 5.45. The summed E-state index contributed by atoms with van der Waals surface area (Å²) in [7, 11) is 1.70. The molecule has 1 radical (unpaired) electrons. The Morgan fingerprint density at radius 2 is 1.90 bits per heavy atom. The molecule has 0 heterocycles. The number of hydrogen-bond acceptors (Lipinski definition) is 2. The number of benzene rings is 2. The Labute approximate surface area is 126 Å². The van der Waals surface area contributed by atoms with Gasteiger partial charge in [-0.3, -0.25) is 0 Å². The highest BCUT2D eigenvalue weighted by Gasteiger charge is 2.19. The molecule has 0 amide bonds. The van der Waals surface area contributed by atoms with E-state index in [9.17, 15) is 0 Å². The van der Waals surface area contributed by atoms with E-state index in [0.717, 1.165) is 16.9 Å². The maximum absolute atomic E-state index is 5.45. The molecule has 0 aliphatic rings. The summed E-state index contributed by atoms with van der Waals surface area (Å²) in [5.74, 6) is 0.865. The van der Waals surface area contributed by atoms with Gasteiger partial charge in [-0.2, -0.15) is 0 Å². The Kier molecular flexibility index (Phi) is 4.44. The van der Waals surface area contributed by atoms with Crippen molar-refractivity contribution in [1.82, 2.24) is 0 Å². The number of thioether (sulfide) groups is 1. The second kappa shape index (κ2) is 5.92. The van der Waals surface area contributed by atoms with Gasteiger partial charge in [0.05, 0.1) is 7.11 Å². The molecule has 20 heavy (non-hydrogen) atoms. The molecule has 0 aromatic heterocycles. The van der Waals surface area contributed by atoms with Crippen molar-refractivity contribution in [2.45, 2.75) is 31.1 Å². The van der Waals surface area contributed by atoms with E-state index in [0.29, 0.717) is 0 Å². The van der Waals surface area contributed by atoms with E-state index >= 15 is 0 Å². The summed E-state index contributed by atoms with van der Waals surface area (Å²) >= 11 is 1.79. The summed E-state index contributed by atoms with van der Waals surface area (Å²) in [5.41, 5.74) is 3.66. The highest BCUT2D eigenvalue weighted by molar-refractivity contribution is 7.98. The average Bonchev–Trinajstić information content (AvgIpc) is 2.45. The van der Waals surface area contributed by atoms with Gasteiger partial charge in [0, 0.05) is 10.5 Å². The van der Waals surface area contributed by atoms with Crippen molar-refractivity contribution >= 4 is 11.8 Å². The van der Waals surface area contributed by atoms with Gasteiger partial charge >= 0.3 is 0 Å². The third-order valence-electron chi connectivity index (χ3n) is 3.33. The molecule has 0 aliphatic carbocycles. The van der Waals surface area contributed by atoms with Crippen molar-refractivity contribution in [2.75, 3.05) is 13.4 Å². The summed E-state index contributed by atoms with van der Waals surface area (Å²) in [5, 5.41) is 0. The van der Waals surface area contributed by atoms with Crippen LogP contribution in [0.3, 0.4) is 0 Å². The lowest BCUT2D eigenvalue weighted by Crippen LogP contribution is -2.12. The minimum atomic E-state index is 0.121. The number of ether oxygens (including phenoxy) is 1. The fourth-order valence-corrected chi connectivity index (χ4v) is 3.06. The van der Waals surface area contributed by atoms with E-state index in [-0.39, 0.29) is 5.41 Å². The molecule has 2 aromatic rings. The zero-order chi connectivity index (χ0) is 14.8. The zero-order valence-electron chi connectivity index (χ0n) is 12.8. The zero-order valence-corrected chi connectivity index (χ0v) is 13.6. The molecule has 0 spiro atoms. The SMILES string of the molecule is COc1ccc[c]c1-c1ccc(SC)c(C(C)(C)C)c1. The Morgan fingerprint density at radius 3 is 2.50 bits per heavy atom. The first-order chi connectivity index (χ1) is 9.47.